The van der Waals surface area contributed by atoms with Crippen LogP contribution in [0.15, 0.2) is 88.5 Å². The lowest BCUT2D eigenvalue weighted by atomic mass is 10.2. The average molecular weight is 444 g/mol. The van der Waals surface area contributed by atoms with Gasteiger partial charge in [0.2, 0.25) is 5.69 Å². The first kappa shape index (κ1) is 21.9. The lowest BCUT2D eigenvalue weighted by molar-refractivity contribution is 0.0941. The molecule has 0 radical (unpaired) electrons. The summed E-state index contributed by atoms with van der Waals surface area (Å²) in [5.74, 6) is -1.12. The number of halogens is 1. The molecule has 33 heavy (non-hydrogen) atoms. The molecule has 1 amide bonds. The molecular weight excluding hydrogens is 423 g/mol. The van der Waals surface area contributed by atoms with E-state index in [4.69, 9.17) is 0 Å². The van der Waals surface area contributed by atoms with E-state index in [0.29, 0.717) is 11.3 Å². The summed E-state index contributed by atoms with van der Waals surface area (Å²) in [5, 5.41) is 6.73. The van der Waals surface area contributed by atoms with Crippen molar-refractivity contribution in [3.05, 3.63) is 128 Å². The van der Waals surface area contributed by atoms with Crippen molar-refractivity contribution in [3.63, 3.8) is 0 Å². The summed E-state index contributed by atoms with van der Waals surface area (Å²) in [5.41, 5.74) is 0.875. The molecule has 0 spiro atoms. The predicted molar refractivity (Wildman–Crippen MR) is 122 cm³/mol. The first-order chi connectivity index (χ1) is 15.9. The first-order valence-corrected chi connectivity index (χ1v) is 10.3. The van der Waals surface area contributed by atoms with Gasteiger partial charge in [0.25, 0.3) is 11.5 Å². The van der Waals surface area contributed by atoms with Crippen molar-refractivity contribution in [1.82, 2.24) is 19.7 Å². The highest BCUT2D eigenvalue weighted by Gasteiger charge is 2.20. The van der Waals surface area contributed by atoms with Crippen LogP contribution in [-0.2, 0) is 13.1 Å². The second-order valence-corrected chi connectivity index (χ2v) is 7.57. The molecule has 0 aliphatic heterocycles. The quantitative estimate of drug-likeness (QED) is 0.496. The number of amides is 1. The molecule has 0 fully saturated rings. The van der Waals surface area contributed by atoms with E-state index >= 15 is 0 Å². The highest BCUT2D eigenvalue weighted by molar-refractivity contribution is 5.91. The van der Waals surface area contributed by atoms with Gasteiger partial charge in [-0.15, -0.1) is 0 Å². The summed E-state index contributed by atoms with van der Waals surface area (Å²) in [4.78, 5) is 39.2. The van der Waals surface area contributed by atoms with Crippen LogP contribution in [0, 0.1) is 12.7 Å². The number of rotatable bonds is 6. The Kier molecular flexibility index (Phi) is 6.26. The number of hydrogen-bond donors (Lipinski definition) is 1. The monoisotopic (exact) mass is 444 g/mol. The lowest BCUT2D eigenvalue weighted by Gasteiger charge is -2.13. The lowest BCUT2D eigenvalue weighted by Crippen LogP contribution is -2.46. The van der Waals surface area contributed by atoms with Crippen LogP contribution in [0.2, 0.25) is 0 Å². The van der Waals surface area contributed by atoms with E-state index in [0.717, 1.165) is 20.4 Å². The molecule has 4 aromatic rings. The molecule has 0 atom stereocenters. The Balaban J connectivity index is 1.76. The normalized spacial score (nSPS) is 10.7. The van der Waals surface area contributed by atoms with Crippen LogP contribution in [0.4, 0.5) is 4.39 Å². The standard InChI is InChI=1S/C25H21FN4O3/c1-17-6-5-9-21(14-17)30-25(33)29(16-19-7-3-2-4-8-19)24(32)22(28-30)23(31)27-15-18-10-12-20(26)13-11-18/h2-14H,15-16H2,1H3,(H,27,31). The minimum Gasteiger partial charge on any atom is -0.346 e. The molecule has 1 aromatic heterocycles. The molecule has 166 valence electrons. The largest absolute Gasteiger partial charge is 0.352 e. The molecule has 0 aliphatic carbocycles. The van der Waals surface area contributed by atoms with Crippen molar-refractivity contribution in [3.8, 4) is 5.69 Å². The molecule has 7 nitrogen and oxygen atoms in total. The van der Waals surface area contributed by atoms with Crippen molar-refractivity contribution < 1.29 is 9.18 Å². The number of benzene rings is 3. The van der Waals surface area contributed by atoms with E-state index in [-0.39, 0.29) is 18.9 Å². The summed E-state index contributed by atoms with van der Waals surface area (Å²) >= 11 is 0. The van der Waals surface area contributed by atoms with Crippen molar-refractivity contribution in [2.45, 2.75) is 20.0 Å². The van der Waals surface area contributed by atoms with Gasteiger partial charge >= 0.3 is 5.69 Å². The molecule has 0 aliphatic rings. The minimum absolute atomic E-state index is 0.00884. The van der Waals surface area contributed by atoms with Crippen LogP contribution < -0.4 is 16.6 Å². The third-order valence-corrected chi connectivity index (χ3v) is 5.07. The fraction of sp³-hybridized carbons (Fsp3) is 0.120. The Hall–Kier alpha value is -4.33. The molecular formula is C25H21FN4O3. The van der Waals surface area contributed by atoms with Gasteiger partial charge < -0.3 is 5.32 Å². The van der Waals surface area contributed by atoms with Gasteiger partial charge in [0.15, 0.2) is 0 Å². The third kappa shape index (κ3) is 4.95. The Morgan fingerprint density at radius 1 is 0.939 bits per heavy atom. The molecule has 0 unspecified atom stereocenters. The molecule has 0 saturated carbocycles. The van der Waals surface area contributed by atoms with E-state index in [1.807, 2.05) is 19.1 Å². The fourth-order valence-electron chi connectivity index (χ4n) is 3.36. The number of nitrogens with one attached hydrogen (secondary N) is 1. The van der Waals surface area contributed by atoms with Crippen LogP contribution in [0.25, 0.3) is 5.69 Å². The number of aryl methyl sites for hydroxylation is 1. The summed E-state index contributed by atoms with van der Waals surface area (Å²) in [6, 6.07) is 21.7. The number of hydrogen-bond acceptors (Lipinski definition) is 4. The van der Waals surface area contributed by atoms with E-state index in [9.17, 15) is 18.8 Å². The molecule has 3 aromatic carbocycles. The number of carbonyl (C=O) groups is 1. The molecule has 0 bridgehead atoms. The van der Waals surface area contributed by atoms with Gasteiger partial charge in [-0.2, -0.15) is 9.78 Å². The summed E-state index contributed by atoms with van der Waals surface area (Å²) < 4.78 is 15.2. The van der Waals surface area contributed by atoms with Crippen LogP contribution in [0.1, 0.15) is 27.2 Å². The van der Waals surface area contributed by atoms with Gasteiger partial charge in [0.1, 0.15) is 5.82 Å². The molecule has 1 N–H and O–H groups in total. The number of nitrogens with zero attached hydrogens (tertiary/aromatic N) is 3. The van der Waals surface area contributed by atoms with E-state index < -0.39 is 22.9 Å². The van der Waals surface area contributed by atoms with E-state index in [2.05, 4.69) is 10.4 Å². The zero-order valence-electron chi connectivity index (χ0n) is 17.9. The molecule has 0 saturated heterocycles. The fourth-order valence-corrected chi connectivity index (χ4v) is 3.36. The zero-order chi connectivity index (χ0) is 23.4. The van der Waals surface area contributed by atoms with Crippen molar-refractivity contribution >= 4 is 5.91 Å². The van der Waals surface area contributed by atoms with Crippen LogP contribution >= 0.6 is 0 Å². The van der Waals surface area contributed by atoms with Crippen molar-refractivity contribution in [1.29, 1.82) is 0 Å². The molecule has 1 heterocycles. The van der Waals surface area contributed by atoms with Gasteiger partial charge in [-0.1, -0.05) is 54.6 Å². The minimum atomic E-state index is -0.788. The summed E-state index contributed by atoms with van der Waals surface area (Å²) in [7, 11) is 0. The van der Waals surface area contributed by atoms with Gasteiger partial charge in [-0.25, -0.2) is 9.18 Å². The SMILES string of the molecule is Cc1cccc(-n2nc(C(=O)NCc3ccc(F)cc3)c(=O)n(Cc3ccccc3)c2=O)c1. The maximum Gasteiger partial charge on any atom is 0.352 e. The van der Waals surface area contributed by atoms with Crippen LogP contribution in [0.5, 0.6) is 0 Å². The smallest absolute Gasteiger partial charge is 0.346 e. The number of carbonyl (C=O) groups excluding carboxylic acids is 1. The average Bonchev–Trinajstić information content (AvgIpc) is 2.82. The first-order valence-electron chi connectivity index (χ1n) is 10.3. The van der Waals surface area contributed by atoms with Gasteiger partial charge in [-0.3, -0.25) is 14.2 Å². The highest BCUT2D eigenvalue weighted by Crippen LogP contribution is 2.08. The molecule has 4 rings (SSSR count). The Bertz CT molecular complexity index is 1410. The van der Waals surface area contributed by atoms with Crippen molar-refractivity contribution in [2.24, 2.45) is 0 Å². The summed E-state index contributed by atoms with van der Waals surface area (Å²) in [6.45, 7) is 1.93. The van der Waals surface area contributed by atoms with Crippen LogP contribution in [0.3, 0.4) is 0 Å². The van der Waals surface area contributed by atoms with E-state index in [1.54, 1.807) is 42.5 Å². The third-order valence-electron chi connectivity index (χ3n) is 5.07. The second-order valence-electron chi connectivity index (χ2n) is 7.57. The predicted octanol–water partition coefficient (Wildman–Crippen LogP) is 2.82. The Labute approximate surface area is 188 Å². The Morgan fingerprint density at radius 2 is 1.67 bits per heavy atom. The van der Waals surface area contributed by atoms with Gasteiger partial charge in [0.05, 0.1) is 12.2 Å². The second kappa shape index (κ2) is 9.44. The van der Waals surface area contributed by atoms with Gasteiger partial charge in [0, 0.05) is 6.54 Å². The number of aromatic nitrogens is 3. The molecule has 8 heteroatoms. The highest BCUT2D eigenvalue weighted by atomic mass is 19.1. The maximum atomic E-state index is 13.2. The van der Waals surface area contributed by atoms with Gasteiger partial charge in [-0.05, 0) is 47.9 Å². The van der Waals surface area contributed by atoms with Crippen molar-refractivity contribution in [2.75, 3.05) is 0 Å². The topological polar surface area (TPSA) is 86.0 Å². The summed E-state index contributed by atoms with van der Waals surface area (Å²) in [6.07, 6.45) is 0. The van der Waals surface area contributed by atoms with E-state index in [1.165, 1.54) is 24.3 Å². The zero-order valence-corrected chi connectivity index (χ0v) is 17.9. The maximum absolute atomic E-state index is 13.2. The van der Waals surface area contributed by atoms with Crippen LogP contribution in [-0.4, -0.2) is 20.3 Å². The Morgan fingerprint density at radius 3 is 2.36 bits per heavy atom.